The summed E-state index contributed by atoms with van der Waals surface area (Å²) in [5, 5.41) is 2.57. The molecule has 34 heavy (non-hydrogen) atoms. The molecule has 176 valence electrons. The maximum Gasteiger partial charge on any atom is 0.417 e. The normalized spacial score (nSPS) is 11.1. The molecule has 11 heteroatoms. The highest BCUT2D eigenvalue weighted by atomic mass is 32.2. The smallest absolute Gasteiger partial charge is 0.417 e. The highest BCUT2D eigenvalue weighted by molar-refractivity contribution is 8.00. The number of hydrogen-bond donors (Lipinski definition) is 1. The average Bonchev–Trinajstić information content (AvgIpc) is 2.81. The number of thioether (sulfide) groups is 1. The minimum atomic E-state index is -4.53. The van der Waals surface area contributed by atoms with Gasteiger partial charge in [0.15, 0.2) is 12.4 Å². The molecule has 3 aromatic rings. The van der Waals surface area contributed by atoms with Gasteiger partial charge in [-0.3, -0.25) is 9.59 Å². The van der Waals surface area contributed by atoms with Crippen molar-refractivity contribution < 1.29 is 32.3 Å². The van der Waals surface area contributed by atoms with Crippen molar-refractivity contribution in [3.63, 3.8) is 0 Å². The van der Waals surface area contributed by atoms with Crippen molar-refractivity contribution in [3.8, 4) is 0 Å². The van der Waals surface area contributed by atoms with Crippen LogP contribution in [0.4, 0.5) is 19.0 Å². The predicted octanol–water partition coefficient (Wildman–Crippen LogP) is 4.57. The van der Waals surface area contributed by atoms with Crippen LogP contribution in [0.25, 0.3) is 0 Å². The first-order valence-electron chi connectivity index (χ1n) is 9.81. The first-order valence-corrected chi connectivity index (χ1v) is 10.8. The molecule has 7 nitrogen and oxygen atoms in total. The van der Waals surface area contributed by atoms with Gasteiger partial charge >= 0.3 is 12.1 Å². The molecule has 2 heterocycles. The lowest BCUT2D eigenvalue weighted by molar-refractivity contribution is -0.137. The summed E-state index contributed by atoms with van der Waals surface area (Å²) in [6, 6.07) is 11.6. The van der Waals surface area contributed by atoms with Crippen molar-refractivity contribution >= 4 is 35.2 Å². The lowest BCUT2D eigenvalue weighted by Crippen LogP contribution is -2.17. The molecule has 0 fully saturated rings. The molecule has 0 radical (unpaired) electrons. The molecular weight excluding hydrogens is 471 g/mol. The molecule has 0 atom stereocenters. The number of halogens is 3. The monoisotopic (exact) mass is 489 g/mol. The summed E-state index contributed by atoms with van der Waals surface area (Å²) in [6.45, 7) is 1.43. The molecule has 0 aliphatic carbocycles. The zero-order chi connectivity index (χ0) is 24.7. The molecule has 1 aromatic carbocycles. The van der Waals surface area contributed by atoms with Gasteiger partial charge < -0.3 is 10.1 Å². The second-order valence-electron chi connectivity index (χ2n) is 6.99. The Hall–Kier alpha value is -3.73. The number of Topliss-reactive ketones (excluding diaryl/α,β-unsaturated/α-hetero) is 1. The topological polar surface area (TPSA) is 98.3 Å². The number of nitrogens with zero attached hydrogens (tertiary/aromatic N) is 2. The number of anilines is 1. The predicted molar refractivity (Wildman–Crippen MR) is 119 cm³/mol. The van der Waals surface area contributed by atoms with E-state index in [1.54, 1.807) is 24.3 Å². The van der Waals surface area contributed by atoms with E-state index in [1.807, 2.05) is 6.92 Å². The number of esters is 1. The number of hydrogen-bond acceptors (Lipinski definition) is 7. The zero-order valence-electron chi connectivity index (χ0n) is 17.8. The lowest BCUT2D eigenvalue weighted by Gasteiger charge is -2.09. The van der Waals surface area contributed by atoms with E-state index in [4.69, 9.17) is 4.74 Å². The summed E-state index contributed by atoms with van der Waals surface area (Å²) in [5.41, 5.74) is 0.540. The van der Waals surface area contributed by atoms with Crippen molar-refractivity contribution in [3.05, 3.63) is 83.2 Å². The van der Waals surface area contributed by atoms with Crippen LogP contribution in [0.2, 0.25) is 0 Å². The minimum absolute atomic E-state index is 0.0473. The fraction of sp³-hybridized carbons (Fsp3) is 0.174. The van der Waals surface area contributed by atoms with Crippen molar-refractivity contribution in [2.75, 3.05) is 17.7 Å². The van der Waals surface area contributed by atoms with Crippen LogP contribution in [-0.2, 0) is 15.7 Å². The third-order valence-electron chi connectivity index (χ3n) is 4.40. The van der Waals surface area contributed by atoms with Gasteiger partial charge in [0.05, 0.1) is 16.9 Å². The standard InChI is InChI=1S/C23H18F3N3O4S/c1-14-4-6-15(7-5-14)18(30)12-33-22(32)17-3-2-10-27-21(17)34-13-20(31)29-19-9-8-16(11-28-19)23(24,25)26/h2-11H,12-13H2,1H3,(H,28,29,31). The number of aryl methyl sites for hydroxylation is 1. The molecule has 0 unspecified atom stereocenters. The molecule has 0 saturated heterocycles. The molecule has 1 N–H and O–H groups in total. The SMILES string of the molecule is Cc1ccc(C(=O)COC(=O)c2cccnc2SCC(=O)Nc2ccc(C(F)(F)F)cn2)cc1. The quantitative estimate of drug-likeness (QED) is 0.281. The number of alkyl halides is 3. The van der Waals surface area contributed by atoms with E-state index in [-0.39, 0.29) is 27.9 Å². The van der Waals surface area contributed by atoms with E-state index in [0.29, 0.717) is 11.8 Å². The summed E-state index contributed by atoms with van der Waals surface area (Å²) in [5.74, 6) is -1.94. The number of amides is 1. The number of carbonyl (C=O) groups is 3. The maximum absolute atomic E-state index is 12.6. The van der Waals surface area contributed by atoms with E-state index >= 15 is 0 Å². The summed E-state index contributed by atoms with van der Waals surface area (Å²) >= 11 is 0.926. The second kappa shape index (κ2) is 10.9. The van der Waals surface area contributed by atoms with Gasteiger partial charge in [-0.25, -0.2) is 14.8 Å². The zero-order valence-corrected chi connectivity index (χ0v) is 18.6. The van der Waals surface area contributed by atoms with Crippen molar-refractivity contribution in [1.82, 2.24) is 9.97 Å². The van der Waals surface area contributed by atoms with Gasteiger partial charge in [-0.1, -0.05) is 41.6 Å². The highest BCUT2D eigenvalue weighted by Gasteiger charge is 2.30. The second-order valence-corrected chi connectivity index (χ2v) is 7.95. The highest BCUT2D eigenvalue weighted by Crippen LogP contribution is 2.29. The van der Waals surface area contributed by atoms with Gasteiger partial charge in [0, 0.05) is 18.0 Å². The first-order chi connectivity index (χ1) is 16.1. The van der Waals surface area contributed by atoms with E-state index in [2.05, 4.69) is 15.3 Å². The van der Waals surface area contributed by atoms with Crippen molar-refractivity contribution in [2.24, 2.45) is 0 Å². The average molecular weight is 489 g/mol. The third-order valence-corrected chi connectivity index (χ3v) is 5.40. The molecule has 0 spiro atoms. The van der Waals surface area contributed by atoms with Gasteiger partial charge in [-0.15, -0.1) is 0 Å². The Labute approximate surface area is 196 Å². The summed E-state index contributed by atoms with van der Waals surface area (Å²) < 4.78 is 42.9. The van der Waals surface area contributed by atoms with E-state index in [1.165, 1.54) is 18.3 Å². The van der Waals surface area contributed by atoms with Gasteiger partial charge in [-0.05, 0) is 31.2 Å². The van der Waals surface area contributed by atoms with Crippen molar-refractivity contribution in [1.29, 1.82) is 0 Å². The van der Waals surface area contributed by atoms with Gasteiger partial charge in [0.2, 0.25) is 5.91 Å². The van der Waals surface area contributed by atoms with E-state index < -0.39 is 30.2 Å². The number of carbonyl (C=O) groups excluding carboxylic acids is 3. The Balaban J connectivity index is 1.56. The van der Waals surface area contributed by atoms with Crippen LogP contribution < -0.4 is 5.32 Å². The minimum Gasteiger partial charge on any atom is -0.454 e. The number of pyridine rings is 2. The number of benzene rings is 1. The van der Waals surface area contributed by atoms with Gasteiger partial charge in [0.1, 0.15) is 10.8 Å². The molecule has 0 bridgehead atoms. The maximum atomic E-state index is 12.6. The number of ketones is 1. The molecule has 1 amide bonds. The Morgan fingerprint density at radius 1 is 1.03 bits per heavy atom. The molecule has 0 aliphatic heterocycles. The van der Waals surface area contributed by atoms with Gasteiger partial charge in [-0.2, -0.15) is 13.2 Å². The van der Waals surface area contributed by atoms with Crippen LogP contribution in [0.3, 0.4) is 0 Å². The number of nitrogens with one attached hydrogen (secondary N) is 1. The lowest BCUT2D eigenvalue weighted by atomic mass is 10.1. The molecule has 3 rings (SSSR count). The number of aromatic nitrogens is 2. The summed E-state index contributed by atoms with van der Waals surface area (Å²) in [4.78, 5) is 44.5. The van der Waals surface area contributed by atoms with Gasteiger partial charge in [0.25, 0.3) is 0 Å². The molecule has 0 aliphatic rings. The fourth-order valence-electron chi connectivity index (χ4n) is 2.64. The van der Waals surface area contributed by atoms with Crippen LogP contribution >= 0.6 is 11.8 Å². The Morgan fingerprint density at radius 2 is 1.76 bits per heavy atom. The fourth-order valence-corrected chi connectivity index (χ4v) is 3.42. The van der Waals surface area contributed by atoms with Crippen LogP contribution in [-0.4, -0.2) is 40.0 Å². The summed E-state index contributed by atoms with van der Waals surface area (Å²) in [6.07, 6.45) is -2.49. The number of rotatable bonds is 8. The van der Waals surface area contributed by atoms with E-state index in [0.717, 1.165) is 29.5 Å². The van der Waals surface area contributed by atoms with E-state index in [9.17, 15) is 27.6 Å². The van der Waals surface area contributed by atoms with Crippen LogP contribution in [0, 0.1) is 6.92 Å². The third kappa shape index (κ3) is 6.88. The van der Waals surface area contributed by atoms with Crippen molar-refractivity contribution in [2.45, 2.75) is 18.1 Å². The molecular formula is C23H18F3N3O4S. The summed E-state index contributed by atoms with van der Waals surface area (Å²) in [7, 11) is 0. The number of ether oxygens (including phenoxy) is 1. The van der Waals surface area contributed by atoms with Crippen LogP contribution in [0.5, 0.6) is 0 Å². The van der Waals surface area contributed by atoms with Crippen LogP contribution in [0.1, 0.15) is 31.8 Å². The Kier molecular flexibility index (Phi) is 8.00. The first kappa shape index (κ1) is 24.9. The molecule has 2 aromatic heterocycles. The largest absolute Gasteiger partial charge is 0.454 e. The Bertz CT molecular complexity index is 1180. The molecule has 0 saturated carbocycles. The Morgan fingerprint density at radius 3 is 2.41 bits per heavy atom. The van der Waals surface area contributed by atoms with Crippen LogP contribution in [0.15, 0.2) is 66.0 Å².